The predicted octanol–water partition coefficient (Wildman–Crippen LogP) is 3.86. The van der Waals surface area contributed by atoms with E-state index >= 15 is 0 Å². The highest BCUT2D eigenvalue weighted by Crippen LogP contribution is 2.40. The van der Waals surface area contributed by atoms with Gasteiger partial charge in [-0.1, -0.05) is 12.1 Å². The summed E-state index contributed by atoms with van der Waals surface area (Å²) < 4.78 is 18.8. The molecule has 138 valence electrons. The third-order valence-corrected chi connectivity index (χ3v) is 6.00. The Kier molecular flexibility index (Phi) is 4.81. The first-order chi connectivity index (χ1) is 12.7. The number of methoxy groups -OCH3 is 1. The van der Waals surface area contributed by atoms with Crippen molar-refractivity contribution in [2.45, 2.75) is 37.8 Å². The van der Waals surface area contributed by atoms with Gasteiger partial charge in [0.1, 0.15) is 5.82 Å². The summed E-state index contributed by atoms with van der Waals surface area (Å²) in [6.45, 7) is 4.06. The van der Waals surface area contributed by atoms with Crippen LogP contribution in [0.3, 0.4) is 0 Å². The number of ether oxygens (including phenoxy) is 1. The Labute approximate surface area is 154 Å². The molecule has 5 heteroatoms. The topological polar surface area (TPSA) is 28.6 Å². The maximum atomic E-state index is 13.7. The third kappa shape index (κ3) is 3.28. The van der Waals surface area contributed by atoms with Crippen molar-refractivity contribution < 1.29 is 9.13 Å². The van der Waals surface area contributed by atoms with E-state index in [-0.39, 0.29) is 11.4 Å². The molecule has 1 aromatic heterocycles. The molecule has 26 heavy (non-hydrogen) atoms. The van der Waals surface area contributed by atoms with Gasteiger partial charge in [-0.2, -0.15) is 0 Å². The fourth-order valence-corrected chi connectivity index (χ4v) is 4.52. The van der Waals surface area contributed by atoms with E-state index < -0.39 is 0 Å². The van der Waals surface area contributed by atoms with Crippen molar-refractivity contribution >= 4 is 5.82 Å². The molecule has 2 fully saturated rings. The van der Waals surface area contributed by atoms with Gasteiger partial charge in [0.05, 0.1) is 7.11 Å². The number of likely N-dealkylation sites (tertiary alicyclic amines) is 1. The van der Waals surface area contributed by atoms with Gasteiger partial charge < -0.3 is 9.64 Å². The lowest BCUT2D eigenvalue weighted by Crippen LogP contribution is -2.52. The van der Waals surface area contributed by atoms with Crippen molar-refractivity contribution in [3.8, 4) is 5.75 Å². The van der Waals surface area contributed by atoms with Crippen LogP contribution in [0.15, 0.2) is 42.6 Å². The van der Waals surface area contributed by atoms with E-state index in [2.05, 4.69) is 26.9 Å². The number of halogens is 1. The number of piperidine rings is 1. The standard InChI is InChI=1S/C21H26FN3O/c1-26-19-15-17(6-7-18(19)22)16-25-12-4-8-21(25)9-13-24(14-10-21)20-5-2-3-11-23-20/h2-3,5-7,11,15H,4,8-10,12-14,16H2,1H3. The second-order valence-corrected chi connectivity index (χ2v) is 7.39. The van der Waals surface area contributed by atoms with Gasteiger partial charge in [0.15, 0.2) is 11.6 Å². The summed E-state index contributed by atoms with van der Waals surface area (Å²) in [6, 6.07) is 11.3. The second kappa shape index (κ2) is 7.23. The average molecular weight is 355 g/mol. The van der Waals surface area contributed by atoms with Crippen molar-refractivity contribution in [3.05, 3.63) is 54.0 Å². The van der Waals surface area contributed by atoms with E-state index in [9.17, 15) is 4.39 Å². The molecular formula is C21H26FN3O. The van der Waals surface area contributed by atoms with Crippen LogP contribution in [-0.4, -0.2) is 42.2 Å². The van der Waals surface area contributed by atoms with E-state index in [1.807, 2.05) is 24.4 Å². The number of benzene rings is 1. The zero-order chi connectivity index (χ0) is 18.0. The zero-order valence-corrected chi connectivity index (χ0v) is 15.3. The molecule has 2 aromatic rings. The van der Waals surface area contributed by atoms with Gasteiger partial charge in [0.2, 0.25) is 0 Å². The number of hydrogen-bond acceptors (Lipinski definition) is 4. The number of aromatic nitrogens is 1. The first-order valence-electron chi connectivity index (χ1n) is 9.44. The van der Waals surface area contributed by atoms with Crippen LogP contribution in [0.2, 0.25) is 0 Å². The van der Waals surface area contributed by atoms with Crippen molar-refractivity contribution in [1.29, 1.82) is 0 Å². The molecule has 4 rings (SSSR count). The van der Waals surface area contributed by atoms with Crippen LogP contribution in [0.25, 0.3) is 0 Å². The zero-order valence-electron chi connectivity index (χ0n) is 15.3. The Morgan fingerprint density at radius 3 is 2.69 bits per heavy atom. The average Bonchev–Trinajstić information content (AvgIpc) is 3.06. The SMILES string of the molecule is COc1cc(CN2CCCC23CCN(c2ccccn2)CC3)ccc1F. The quantitative estimate of drug-likeness (QED) is 0.833. The van der Waals surface area contributed by atoms with Gasteiger partial charge in [-0.3, -0.25) is 4.90 Å². The molecule has 0 amide bonds. The molecule has 0 saturated carbocycles. The normalized spacial score (nSPS) is 19.8. The Bertz CT molecular complexity index is 744. The summed E-state index contributed by atoms with van der Waals surface area (Å²) >= 11 is 0. The molecule has 0 atom stereocenters. The van der Waals surface area contributed by atoms with Gasteiger partial charge >= 0.3 is 0 Å². The molecule has 1 spiro atoms. The van der Waals surface area contributed by atoms with Crippen LogP contribution in [0.5, 0.6) is 5.75 Å². The molecule has 2 aliphatic rings. The van der Waals surface area contributed by atoms with E-state index in [4.69, 9.17) is 4.74 Å². The Morgan fingerprint density at radius 2 is 1.96 bits per heavy atom. The fourth-order valence-electron chi connectivity index (χ4n) is 4.52. The highest BCUT2D eigenvalue weighted by molar-refractivity contribution is 5.39. The molecule has 0 radical (unpaired) electrons. The molecular weight excluding hydrogens is 329 g/mol. The summed E-state index contributed by atoms with van der Waals surface area (Å²) in [7, 11) is 1.52. The minimum absolute atomic E-state index is 0.271. The van der Waals surface area contributed by atoms with Crippen LogP contribution in [0.1, 0.15) is 31.2 Å². The molecule has 4 nitrogen and oxygen atoms in total. The first-order valence-corrected chi connectivity index (χ1v) is 9.44. The maximum absolute atomic E-state index is 13.7. The monoisotopic (exact) mass is 355 g/mol. The smallest absolute Gasteiger partial charge is 0.165 e. The Morgan fingerprint density at radius 1 is 1.12 bits per heavy atom. The second-order valence-electron chi connectivity index (χ2n) is 7.39. The minimum atomic E-state index is -0.295. The Balaban J connectivity index is 1.45. The molecule has 2 aliphatic heterocycles. The number of anilines is 1. The largest absolute Gasteiger partial charge is 0.494 e. The lowest BCUT2D eigenvalue weighted by Gasteiger charge is -2.45. The van der Waals surface area contributed by atoms with E-state index in [0.29, 0.717) is 5.75 Å². The molecule has 0 bridgehead atoms. The van der Waals surface area contributed by atoms with Crippen LogP contribution in [0.4, 0.5) is 10.2 Å². The third-order valence-electron chi connectivity index (χ3n) is 6.00. The number of hydrogen-bond donors (Lipinski definition) is 0. The van der Waals surface area contributed by atoms with Crippen LogP contribution < -0.4 is 9.64 Å². The highest BCUT2D eigenvalue weighted by Gasteiger charge is 2.43. The van der Waals surface area contributed by atoms with Crippen molar-refractivity contribution in [2.75, 3.05) is 31.6 Å². The summed E-state index contributed by atoms with van der Waals surface area (Å²) in [5.41, 5.74) is 1.39. The summed E-state index contributed by atoms with van der Waals surface area (Å²) in [5.74, 6) is 1.12. The molecule has 1 aromatic carbocycles. The van der Waals surface area contributed by atoms with Crippen LogP contribution in [-0.2, 0) is 6.54 Å². The van der Waals surface area contributed by atoms with Gasteiger partial charge in [0, 0.05) is 31.4 Å². The fraction of sp³-hybridized carbons (Fsp3) is 0.476. The van der Waals surface area contributed by atoms with E-state index in [0.717, 1.165) is 50.4 Å². The van der Waals surface area contributed by atoms with E-state index in [1.165, 1.54) is 26.0 Å². The molecule has 0 N–H and O–H groups in total. The van der Waals surface area contributed by atoms with Gasteiger partial charge in [0.25, 0.3) is 0 Å². The number of nitrogens with zero attached hydrogens (tertiary/aromatic N) is 3. The lowest BCUT2D eigenvalue weighted by molar-refractivity contribution is 0.0995. The first kappa shape index (κ1) is 17.3. The van der Waals surface area contributed by atoms with E-state index in [1.54, 1.807) is 0 Å². The summed E-state index contributed by atoms with van der Waals surface area (Å²) in [5, 5.41) is 0. The summed E-state index contributed by atoms with van der Waals surface area (Å²) in [6.07, 6.45) is 6.66. The lowest BCUT2D eigenvalue weighted by atomic mass is 9.84. The molecule has 0 aliphatic carbocycles. The predicted molar refractivity (Wildman–Crippen MR) is 101 cm³/mol. The van der Waals surface area contributed by atoms with Crippen molar-refractivity contribution in [1.82, 2.24) is 9.88 Å². The summed E-state index contributed by atoms with van der Waals surface area (Å²) in [4.78, 5) is 9.49. The number of rotatable bonds is 4. The highest BCUT2D eigenvalue weighted by atomic mass is 19.1. The van der Waals surface area contributed by atoms with Gasteiger partial charge in [-0.05, 0) is 62.1 Å². The molecule has 0 unspecified atom stereocenters. The maximum Gasteiger partial charge on any atom is 0.165 e. The van der Waals surface area contributed by atoms with Crippen LogP contribution >= 0.6 is 0 Å². The van der Waals surface area contributed by atoms with Gasteiger partial charge in [-0.15, -0.1) is 0 Å². The van der Waals surface area contributed by atoms with Crippen molar-refractivity contribution in [3.63, 3.8) is 0 Å². The number of pyridine rings is 1. The van der Waals surface area contributed by atoms with Gasteiger partial charge in [-0.25, -0.2) is 9.37 Å². The Hall–Kier alpha value is -2.14. The van der Waals surface area contributed by atoms with Crippen LogP contribution in [0, 0.1) is 5.82 Å². The van der Waals surface area contributed by atoms with Crippen molar-refractivity contribution in [2.24, 2.45) is 0 Å². The minimum Gasteiger partial charge on any atom is -0.494 e. The molecule has 3 heterocycles. The molecule has 2 saturated heterocycles.